The number of alkyl halides is 3. The molecule has 0 atom stereocenters. The molecule has 1 aliphatic heterocycles. The average Bonchev–Trinajstić information content (AvgIpc) is 3.37. The van der Waals surface area contributed by atoms with Crippen LogP contribution in [-0.4, -0.2) is 62.3 Å². The maximum atomic E-state index is 13.4. The fraction of sp³-hybridized carbons (Fsp3) is 0.212. The molecular weight excluding hydrogens is 585 g/mol. The van der Waals surface area contributed by atoms with Crippen LogP contribution in [0, 0.1) is 0 Å². The molecule has 0 unspecified atom stereocenters. The van der Waals surface area contributed by atoms with Gasteiger partial charge in [-0.2, -0.15) is 13.2 Å². The summed E-state index contributed by atoms with van der Waals surface area (Å²) in [7, 11) is 1.87. The minimum atomic E-state index is -4.47. The summed E-state index contributed by atoms with van der Waals surface area (Å²) in [6.07, 6.45) is 0.498. The Balaban J connectivity index is 1.07. The van der Waals surface area contributed by atoms with E-state index in [1.807, 2.05) is 46.8 Å². The Morgan fingerprint density at radius 3 is 2.31 bits per heavy atom. The van der Waals surface area contributed by atoms with Crippen LogP contribution in [0.5, 0.6) is 11.6 Å². The second-order valence-corrected chi connectivity index (χ2v) is 10.7. The second kappa shape index (κ2) is 12.4. The van der Waals surface area contributed by atoms with Crippen LogP contribution < -0.4 is 10.1 Å². The fourth-order valence-corrected chi connectivity index (χ4v) is 5.26. The van der Waals surface area contributed by atoms with Crippen LogP contribution >= 0.6 is 0 Å². The van der Waals surface area contributed by atoms with Gasteiger partial charge in [0.1, 0.15) is 11.4 Å². The molecule has 0 spiro atoms. The zero-order valence-corrected chi connectivity index (χ0v) is 24.3. The molecule has 1 N–H and O–H groups in total. The Labute approximate surface area is 256 Å². The summed E-state index contributed by atoms with van der Waals surface area (Å²) in [4.78, 5) is 38.4. The fourth-order valence-electron chi connectivity index (χ4n) is 5.26. The molecule has 1 fully saturated rings. The molecular formula is C33H29F3N6O3. The topological polar surface area (TPSA) is 92.6 Å². The Morgan fingerprint density at radius 1 is 0.911 bits per heavy atom. The van der Waals surface area contributed by atoms with Crippen molar-refractivity contribution in [3.63, 3.8) is 0 Å². The molecule has 230 valence electrons. The van der Waals surface area contributed by atoms with Crippen LogP contribution in [0.1, 0.15) is 32.0 Å². The van der Waals surface area contributed by atoms with Gasteiger partial charge in [0.15, 0.2) is 0 Å². The van der Waals surface area contributed by atoms with Gasteiger partial charge in [-0.05, 0) is 72.3 Å². The molecule has 9 nitrogen and oxygen atoms in total. The summed E-state index contributed by atoms with van der Waals surface area (Å²) >= 11 is 0. The number of benzene rings is 2. The van der Waals surface area contributed by atoms with E-state index in [1.54, 1.807) is 30.6 Å². The average molecular weight is 615 g/mol. The van der Waals surface area contributed by atoms with Gasteiger partial charge in [-0.3, -0.25) is 19.5 Å². The van der Waals surface area contributed by atoms with Crippen LogP contribution in [0.3, 0.4) is 0 Å². The summed E-state index contributed by atoms with van der Waals surface area (Å²) in [5.41, 5.74) is 2.29. The third kappa shape index (κ3) is 6.80. The number of anilines is 1. The highest BCUT2D eigenvalue weighted by Crippen LogP contribution is 2.30. The molecule has 5 aromatic rings. The number of hydrogen-bond donors (Lipinski definition) is 1. The molecule has 2 amide bonds. The Bertz CT molecular complexity index is 1820. The van der Waals surface area contributed by atoms with Crippen LogP contribution in [0.4, 0.5) is 18.9 Å². The normalized spacial score (nSPS) is 14.0. The molecule has 4 heterocycles. The third-order valence-electron chi connectivity index (χ3n) is 7.74. The maximum Gasteiger partial charge on any atom is 0.416 e. The molecule has 12 heteroatoms. The summed E-state index contributed by atoms with van der Waals surface area (Å²) < 4.78 is 46.2. The SMILES string of the molecule is Cn1c(C(=O)N2CCN(Cc3ccncc3)CC2)cc2cc(Oc3ccc(NC(=O)c4ccc(C(F)(F)F)cc4)cn3)ccc21. The first-order valence-electron chi connectivity index (χ1n) is 14.3. The van der Waals surface area contributed by atoms with Gasteiger partial charge < -0.3 is 19.5 Å². The maximum absolute atomic E-state index is 13.4. The Kier molecular flexibility index (Phi) is 8.22. The summed E-state index contributed by atoms with van der Waals surface area (Å²) in [6.45, 7) is 3.70. The lowest BCUT2D eigenvalue weighted by molar-refractivity contribution is -0.137. The van der Waals surface area contributed by atoms with Crippen LogP contribution in [0.15, 0.2) is 91.4 Å². The number of amides is 2. The number of nitrogens with one attached hydrogen (secondary N) is 1. The van der Waals surface area contributed by atoms with E-state index in [0.29, 0.717) is 30.2 Å². The molecule has 0 bridgehead atoms. The number of nitrogens with zero attached hydrogens (tertiary/aromatic N) is 5. The van der Waals surface area contributed by atoms with Gasteiger partial charge in [-0.25, -0.2) is 4.98 Å². The number of aryl methyl sites for hydroxylation is 1. The zero-order valence-electron chi connectivity index (χ0n) is 24.3. The van der Waals surface area contributed by atoms with E-state index >= 15 is 0 Å². The van der Waals surface area contributed by atoms with Gasteiger partial charge in [0, 0.05) is 74.7 Å². The van der Waals surface area contributed by atoms with E-state index in [9.17, 15) is 22.8 Å². The Morgan fingerprint density at radius 2 is 1.64 bits per heavy atom. The number of pyridine rings is 2. The minimum Gasteiger partial charge on any atom is -0.439 e. The highest BCUT2D eigenvalue weighted by atomic mass is 19.4. The first-order valence-corrected chi connectivity index (χ1v) is 14.3. The number of ether oxygens (including phenoxy) is 1. The first kappa shape index (κ1) is 29.8. The van der Waals surface area contributed by atoms with Crippen molar-refractivity contribution in [3.8, 4) is 11.6 Å². The van der Waals surface area contributed by atoms with Gasteiger partial charge >= 0.3 is 6.18 Å². The summed E-state index contributed by atoms with van der Waals surface area (Å²) in [6, 6.07) is 18.5. The van der Waals surface area contributed by atoms with E-state index in [0.717, 1.165) is 54.8 Å². The number of halogens is 3. The van der Waals surface area contributed by atoms with E-state index in [2.05, 4.69) is 20.2 Å². The molecule has 6 rings (SSSR count). The molecule has 0 radical (unpaired) electrons. The first-order chi connectivity index (χ1) is 21.6. The lowest BCUT2D eigenvalue weighted by atomic mass is 10.1. The van der Waals surface area contributed by atoms with Gasteiger partial charge in [0.05, 0.1) is 17.4 Å². The Hall–Kier alpha value is -5.23. The van der Waals surface area contributed by atoms with Gasteiger partial charge in [0.2, 0.25) is 5.88 Å². The van der Waals surface area contributed by atoms with Gasteiger partial charge in [-0.1, -0.05) is 0 Å². The second-order valence-electron chi connectivity index (χ2n) is 10.7. The number of fused-ring (bicyclic) bond motifs is 1. The monoisotopic (exact) mass is 614 g/mol. The minimum absolute atomic E-state index is 0.0182. The number of rotatable bonds is 7. The number of carbonyl (C=O) groups excluding carboxylic acids is 2. The molecule has 0 saturated carbocycles. The third-order valence-corrected chi connectivity index (χ3v) is 7.74. The van der Waals surface area contributed by atoms with E-state index < -0.39 is 17.6 Å². The highest BCUT2D eigenvalue weighted by molar-refractivity contribution is 6.04. The van der Waals surface area contributed by atoms with Crippen molar-refractivity contribution in [1.82, 2.24) is 24.3 Å². The molecule has 45 heavy (non-hydrogen) atoms. The molecule has 1 aliphatic rings. The zero-order chi connectivity index (χ0) is 31.6. The van der Waals surface area contributed by atoms with Crippen molar-refractivity contribution >= 4 is 28.4 Å². The number of hydrogen-bond acceptors (Lipinski definition) is 6. The van der Waals surface area contributed by atoms with Crippen molar-refractivity contribution in [2.75, 3.05) is 31.5 Å². The summed E-state index contributed by atoms with van der Waals surface area (Å²) in [5.74, 6) is 0.214. The molecule has 1 saturated heterocycles. The number of piperazine rings is 1. The van der Waals surface area contributed by atoms with Gasteiger partial charge in [-0.15, -0.1) is 0 Å². The smallest absolute Gasteiger partial charge is 0.416 e. The van der Waals surface area contributed by atoms with Crippen molar-refractivity contribution in [2.45, 2.75) is 12.7 Å². The predicted molar refractivity (Wildman–Crippen MR) is 162 cm³/mol. The van der Waals surface area contributed by atoms with Crippen molar-refractivity contribution < 1.29 is 27.5 Å². The molecule has 0 aliphatic carbocycles. The van der Waals surface area contributed by atoms with Gasteiger partial charge in [0.25, 0.3) is 11.8 Å². The predicted octanol–water partition coefficient (Wildman–Crippen LogP) is 5.99. The van der Waals surface area contributed by atoms with Crippen LogP contribution in [0.25, 0.3) is 10.9 Å². The standard InChI is InChI=1S/C33H29F3N6O3/c1-40-28-8-7-27(45-30-9-6-26(20-38-30)39-31(43)23-2-4-25(5-3-23)33(34,35)36)18-24(28)19-29(40)32(44)42-16-14-41(15-17-42)21-22-10-12-37-13-11-22/h2-13,18-20H,14-17,21H2,1H3,(H,39,43). The lowest BCUT2D eigenvalue weighted by Gasteiger charge is -2.34. The van der Waals surface area contributed by atoms with Crippen molar-refractivity contribution in [3.05, 3.63) is 114 Å². The molecule has 3 aromatic heterocycles. The van der Waals surface area contributed by atoms with E-state index in [-0.39, 0.29) is 17.4 Å². The quantitative estimate of drug-likeness (QED) is 0.242. The van der Waals surface area contributed by atoms with Crippen LogP contribution in [0.2, 0.25) is 0 Å². The number of aromatic nitrogens is 3. The molecule has 2 aromatic carbocycles. The number of carbonyl (C=O) groups is 2. The van der Waals surface area contributed by atoms with Crippen LogP contribution in [-0.2, 0) is 19.8 Å². The summed E-state index contributed by atoms with van der Waals surface area (Å²) in [5, 5.41) is 3.45. The highest BCUT2D eigenvalue weighted by Gasteiger charge is 2.30. The van der Waals surface area contributed by atoms with Crippen molar-refractivity contribution in [2.24, 2.45) is 7.05 Å². The van der Waals surface area contributed by atoms with E-state index in [4.69, 9.17) is 4.74 Å². The largest absolute Gasteiger partial charge is 0.439 e. The van der Waals surface area contributed by atoms with Crippen molar-refractivity contribution in [1.29, 1.82) is 0 Å². The lowest BCUT2D eigenvalue weighted by Crippen LogP contribution is -2.48. The van der Waals surface area contributed by atoms with E-state index in [1.165, 1.54) is 11.8 Å².